The van der Waals surface area contributed by atoms with Gasteiger partial charge >= 0.3 is 6.18 Å². The lowest BCUT2D eigenvalue weighted by molar-refractivity contribution is -0.137. The summed E-state index contributed by atoms with van der Waals surface area (Å²) in [5, 5.41) is 2.37. The highest BCUT2D eigenvalue weighted by molar-refractivity contribution is 8.15. The lowest BCUT2D eigenvalue weighted by atomic mass is 10.2. The largest absolute Gasteiger partial charge is 0.497 e. The molecule has 186 valence electrons. The molecule has 0 unspecified atom stereocenters. The first-order valence-corrected chi connectivity index (χ1v) is 11.8. The van der Waals surface area contributed by atoms with Crippen molar-refractivity contribution in [1.29, 1.82) is 0 Å². The number of hydrogen-bond acceptors (Lipinski definition) is 5. The molecule has 1 heterocycles. The van der Waals surface area contributed by atoms with Gasteiger partial charge in [-0.05, 0) is 54.1 Å². The normalized spacial score (nSPS) is 16.9. The van der Waals surface area contributed by atoms with Crippen molar-refractivity contribution in [3.8, 4) is 5.75 Å². The van der Waals surface area contributed by atoms with Crippen molar-refractivity contribution in [1.82, 2.24) is 4.90 Å². The number of halogens is 3. The predicted octanol–water partition coefficient (Wildman–Crippen LogP) is 5.87. The summed E-state index contributed by atoms with van der Waals surface area (Å²) in [6.45, 7) is 0.225. The third kappa shape index (κ3) is 6.25. The number of rotatable bonds is 7. The molecule has 0 saturated carbocycles. The molecule has 3 aromatic rings. The number of nitrogens with one attached hydrogen (secondary N) is 1. The van der Waals surface area contributed by atoms with Crippen molar-refractivity contribution in [2.75, 3.05) is 12.4 Å². The Kier molecular flexibility index (Phi) is 7.64. The predicted molar refractivity (Wildman–Crippen MR) is 133 cm³/mol. The van der Waals surface area contributed by atoms with Crippen LogP contribution in [-0.2, 0) is 22.3 Å². The number of amides is 2. The fourth-order valence-corrected chi connectivity index (χ4v) is 4.68. The van der Waals surface area contributed by atoms with Gasteiger partial charge < -0.3 is 10.1 Å². The molecule has 3 aromatic carbocycles. The van der Waals surface area contributed by atoms with Gasteiger partial charge in [0.05, 0.1) is 24.9 Å². The fourth-order valence-electron chi connectivity index (χ4n) is 3.53. The van der Waals surface area contributed by atoms with E-state index in [0.717, 1.165) is 29.5 Å². The minimum Gasteiger partial charge on any atom is -0.497 e. The summed E-state index contributed by atoms with van der Waals surface area (Å²) in [5.41, 5.74) is 0.918. The number of amidine groups is 1. The van der Waals surface area contributed by atoms with Crippen LogP contribution in [0.3, 0.4) is 0 Å². The highest BCUT2D eigenvalue weighted by atomic mass is 32.2. The number of anilines is 1. The second kappa shape index (κ2) is 10.9. The van der Waals surface area contributed by atoms with E-state index < -0.39 is 17.0 Å². The SMILES string of the molecule is COc1ccc(NC(=O)C[C@@H]2SC(=Nc3ccc(C(F)(F)F)cc3)N(Cc3ccccc3)C2=O)cc1. The smallest absolute Gasteiger partial charge is 0.416 e. The second-order valence-corrected chi connectivity index (χ2v) is 9.11. The van der Waals surface area contributed by atoms with Gasteiger partial charge in [-0.25, -0.2) is 4.99 Å². The Morgan fingerprint density at radius 1 is 1.03 bits per heavy atom. The third-order valence-corrected chi connectivity index (χ3v) is 6.54. The second-order valence-electron chi connectivity index (χ2n) is 7.94. The molecule has 0 bridgehead atoms. The van der Waals surface area contributed by atoms with Crippen molar-refractivity contribution < 1.29 is 27.5 Å². The van der Waals surface area contributed by atoms with Crippen LogP contribution >= 0.6 is 11.8 Å². The first-order valence-electron chi connectivity index (χ1n) is 10.9. The molecule has 0 radical (unpaired) electrons. The molecule has 1 fully saturated rings. The van der Waals surface area contributed by atoms with Crippen molar-refractivity contribution >= 4 is 40.1 Å². The number of alkyl halides is 3. The molecule has 0 aromatic heterocycles. The molecule has 1 aliphatic heterocycles. The van der Waals surface area contributed by atoms with Crippen molar-refractivity contribution in [3.63, 3.8) is 0 Å². The van der Waals surface area contributed by atoms with E-state index in [1.165, 1.54) is 17.0 Å². The van der Waals surface area contributed by atoms with Gasteiger partial charge in [0, 0.05) is 12.1 Å². The molecule has 4 rings (SSSR count). The fraction of sp³-hybridized carbons (Fsp3) is 0.192. The van der Waals surface area contributed by atoms with Crippen LogP contribution in [0.1, 0.15) is 17.5 Å². The number of carbonyl (C=O) groups excluding carboxylic acids is 2. The van der Waals surface area contributed by atoms with E-state index in [2.05, 4.69) is 10.3 Å². The van der Waals surface area contributed by atoms with Crippen LogP contribution < -0.4 is 10.1 Å². The summed E-state index contributed by atoms with van der Waals surface area (Å²) >= 11 is 1.12. The zero-order chi connectivity index (χ0) is 25.7. The van der Waals surface area contributed by atoms with E-state index in [1.54, 1.807) is 31.4 Å². The topological polar surface area (TPSA) is 71.0 Å². The highest BCUT2D eigenvalue weighted by Crippen LogP contribution is 2.34. The maximum Gasteiger partial charge on any atom is 0.416 e. The molecule has 36 heavy (non-hydrogen) atoms. The van der Waals surface area contributed by atoms with Crippen LogP contribution in [0.25, 0.3) is 0 Å². The Bertz CT molecular complexity index is 1250. The zero-order valence-corrected chi connectivity index (χ0v) is 20.0. The summed E-state index contributed by atoms with van der Waals surface area (Å²) in [7, 11) is 1.54. The molecule has 1 N–H and O–H groups in total. The van der Waals surface area contributed by atoms with E-state index in [9.17, 15) is 22.8 Å². The number of thioether (sulfide) groups is 1. The molecule has 2 amide bonds. The van der Waals surface area contributed by atoms with Crippen molar-refractivity contribution in [3.05, 3.63) is 90.0 Å². The first-order chi connectivity index (χ1) is 17.2. The first kappa shape index (κ1) is 25.3. The average molecular weight is 514 g/mol. The number of methoxy groups -OCH3 is 1. The van der Waals surface area contributed by atoms with E-state index in [4.69, 9.17) is 4.74 Å². The van der Waals surface area contributed by atoms with Crippen molar-refractivity contribution in [2.24, 2.45) is 4.99 Å². The summed E-state index contributed by atoms with van der Waals surface area (Å²) in [4.78, 5) is 31.8. The Morgan fingerprint density at radius 3 is 2.31 bits per heavy atom. The third-order valence-electron chi connectivity index (χ3n) is 5.37. The van der Waals surface area contributed by atoms with Crippen LogP contribution in [0.15, 0.2) is 83.9 Å². The van der Waals surface area contributed by atoms with Crippen LogP contribution in [-0.4, -0.2) is 34.2 Å². The van der Waals surface area contributed by atoms with Gasteiger partial charge in [0.1, 0.15) is 11.0 Å². The summed E-state index contributed by atoms with van der Waals surface area (Å²) in [6, 6.07) is 20.5. The maximum absolute atomic E-state index is 13.2. The van der Waals surface area contributed by atoms with Crippen LogP contribution in [0.2, 0.25) is 0 Å². The van der Waals surface area contributed by atoms with E-state index in [-0.39, 0.29) is 30.5 Å². The minimum atomic E-state index is -4.45. The number of benzene rings is 3. The molecule has 0 spiro atoms. The van der Waals surface area contributed by atoms with Crippen LogP contribution in [0.5, 0.6) is 5.75 Å². The van der Waals surface area contributed by atoms with Gasteiger partial charge in [0.2, 0.25) is 11.8 Å². The van der Waals surface area contributed by atoms with E-state index in [0.29, 0.717) is 16.6 Å². The number of aliphatic imine (C=N–C) groups is 1. The van der Waals surface area contributed by atoms with E-state index >= 15 is 0 Å². The van der Waals surface area contributed by atoms with Gasteiger partial charge in [-0.1, -0.05) is 42.1 Å². The molecule has 0 aliphatic carbocycles. The molecular weight excluding hydrogens is 491 g/mol. The molecule has 1 atom stereocenters. The standard InChI is InChI=1S/C26H22F3N3O3S/c1-35-21-13-11-19(12-14-21)30-23(33)15-22-24(34)32(16-17-5-3-2-4-6-17)25(36-22)31-20-9-7-18(8-10-20)26(27,28)29/h2-14,22H,15-16H2,1H3,(H,30,33)/t22-/m0/s1. The number of carbonyl (C=O) groups is 2. The molecule has 6 nitrogen and oxygen atoms in total. The Morgan fingerprint density at radius 2 is 1.69 bits per heavy atom. The molecule has 1 saturated heterocycles. The van der Waals surface area contributed by atoms with Crippen molar-refractivity contribution in [2.45, 2.75) is 24.4 Å². The Labute approximate surface area is 210 Å². The Balaban J connectivity index is 1.53. The monoisotopic (exact) mass is 513 g/mol. The average Bonchev–Trinajstić information content (AvgIpc) is 3.13. The van der Waals surface area contributed by atoms with Gasteiger partial charge in [0.25, 0.3) is 0 Å². The quantitative estimate of drug-likeness (QED) is 0.429. The molecule has 10 heteroatoms. The lowest BCUT2D eigenvalue weighted by Crippen LogP contribution is -2.33. The van der Waals surface area contributed by atoms with E-state index in [1.807, 2.05) is 30.3 Å². The number of nitrogens with zero attached hydrogens (tertiary/aromatic N) is 2. The van der Waals surface area contributed by atoms with Gasteiger partial charge in [0.15, 0.2) is 5.17 Å². The zero-order valence-electron chi connectivity index (χ0n) is 19.2. The minimum absolute atomic E-state index is 0.0904. The molecule has 1 aliphatic rings. The van der Waals surface area contributed by atoms with Crippen LogP contribution in [0, 0.1) is 0 Å². The van der Waals surface area contributed by atoms with Gasteiger partial charge in [-0.2, -0.15) is 13.2 Å². The summed E-state index contributed by atoms with van der Waals surface area (Å²) in [5.74, 6) is 0.0102. The molecular formula is C26H22F3N3O3S. The summed E-state index contributed by atoms with van der Waals surface area (Å²) < 4.78 is 43.8. The highest BCUT2D eigenvalue weighted by Gasteiger charge is 2.39. The number of hydrogen-bond donors (Lipinski definition) is 1. The lowest BCUT2D eigenvalue weighted by Gasteiger charge is -2.16. The van der Waals surface area contributed by atoms with Crippen LogP contribution in [0.4, 0.5) is 24.5 Å². The Hall–Kier alpha value is -3.79. The van der Waals surface area contributed by atoms with Gasteiger partial charge in [-0.15, -0.1) is 0 Å². The van der Waals surface area contributed by atoms with Gasteiger partial charge in [-0.3, -0.25) is 14.5 Å². The summed E-state index contributed by atoms with van der Waals surface area (Å²) in [6.07, 6.45) is -4.54. The number of ether oxygens (including phenoxy) is 1. The maximum atomic E-state index is 13.2.